The van der Waals surface area contributed by atoms with Gasteiger partial charge in [-0.05, 0) is 19.2 Å². The zero-order valence-corrected chi connectivity index (χ0v) is 10.9. The topological polar surface area (TPSA) is 75.5 Å². The predicted molar refractivity (Wildman–Crippen MR) is 69.0 cm³/mol. The highest BCUT2D eigenvalue weighted by atomic mass is 35.5. The van der Waals surface area contributed by atoms with E-state index in [1.165, 1.54) is 23.1 Å². The molecule has 1 amide bonds. The largest absolute Gasteiger partial charge is 0.340 e. The van der Waals surface area contributed by atoms with E-state index in [0.29, 0.717) is 13.1 Å². The molecule has 0 atom stereocenters. The summed E-state index contributed by atoms with van der Waals surface area (Å²) in [6.07, 6.45) is 0. The fourth-order valence-electron chi connectivity index (χ4n) is 1.39. The fraction of sp³-hybridized carbons (Fsp3) is 0.364. The normalized spacial score (nSPS) is 10.2. The van der Waals surface area contributed by atoms with Gasteiger partial charge >= 0.3 is 0 Å². The van der Waals surface area contributed by atoms with E-state index in [0.717, 1.165) is 0 Å². The van der Waals surface area contributed by atoms with Crippen molar-refractivity contribution in [3.63, 3.8) is 0 Å². The number of rotatable bonds is 5. The van der Waals surface area contributed by atoms with Gasteiger partial charge in [-0.1, -0.05) is 11.6 Å². The van der Waals surface area contributed by atoms with Gasteiger partial charge in [-0.15, -0.1) is 0 Å². The number of carbonyl (C=O) groups is 1. The van der Waals surface area contributed by atoms with Crippen LogP contribution < -0.4 is 5.32 Å². The van der Waals surface area contributed by atoms with E-state index in [1.807, 2.05) is 0 Å². The van der Waals surface area contributed by atoms with E-state index >= 15 is 0 Å². The maximum absolute atomic E-state index is 12.0. The molecule has 0 saturated heterocycles. The first-order valence-corrected chi connectivity index (χ1v) is 5.69. The molecule has 0 saturated carbocycles. The Morgan fingerprint density at radius 3 is 2.78 bits per heavy atom. The SMILES string of the molecule is CNCCN(C)C(=O)c1ccc(Cl)c([N+](=O)[O-])c1. The summed E-state index contributed by atoms with van der Waals surface area (Å²) in [5.74, 6) is -0.273. The van der Waals surface area contributed by atoms with Crippen LogP contribution in [0.25, 0.3) is 0 Å². The molecular formula is C11H14ClN3O3. The molecule has 0 heterocycles. The van der Waals surface area contributed by atoms with Crippen LogP contribution in [0.15, 0.2) is 18.2 Å². The van der Waals surface area contributed by atoms with Crippen LogP contribution in [-0.4, -0.2) is 42.9 Å². The second-order valence-corrected chi connectivity index (χ2v) is 4.16. The molecule has 0 unspecified atom stereocenters. The third-order valence-corrected chi connectivity index (χ3v) is 2.75. The monoisotopic (exact) mass is 271 g/mol. The van der Waals surface area contributed by atoms with Gasteiger partial charge in [-0.25, -0.2) is 0 Å². The minimum Gasteiger partial charge on any atom is -0.340 e. The van der Waals surface area contributed by atoms with Crippen LogP contribution in [0.4, 0.5) is 5.69 Å². The molecule has 0 radical (unpaired) electrons. The van der Waals surface area contributed by atoms with Crippen LogP contribution >= 0.6 is 11.6 Å². The first-order valence-electron chi connectivity index (χ1n) is 5.31. The maximum atomic E-state index is 12.0. The van der Waals surface area contributed by atoms with Gasteiger partial charge in [0.15, 0.2) is 0 Å². The standard InChI is InChI=1S/C11H14ClN3O3/c1-13-5-6-14(2)11(16)8-3-4-9(12)10(7-8)15(17)18/h3-4,7,13H,5-6H2,1-2H3. The van der Waals surface area contributed by atoms with E-state index in [4.69, 9.17) is 11.6 Å². The van der Waals surface area contributed by atoms with Crippen LogP contribution in [0.2, 0.25) is 5.02 Å². The van der Waals surface area contributed by atoms with Crippen molar-refractivity contribution in [1.82, 2.24) is 10.2 Å². The molecule has 0 aliphatic carbocycles. The van der Waals surface area contributed by atoms with Crippen molar-refractivity contribution in [2.24, 2.45) is 0 Å². The van der Waals surface area contributed by atoms with Gasteiger partial charge in [0.2, 0.25) is 0 Å². The number of likely N-dealkylation sites (N-methyl/N-ethyl adjacent to an activating group) is 2. The molecule has 0 aromatic heterocycles. The third-order valence-electron chi connectivity index (χ3n) is 2.43. The number of nitro groups is 1. The molecular weight excluding hydrogens is 258 g/mol. The Morgan fingerprint density at radius 1 is 1.56 bits per heavy atom. The van der Waals surface area contributed by atoms with Gasteiger partial charge in [-0.2, -0.15) is 0 Å². The van der Waals surface area contributed by atoms with Crippen molar-refractivity contribution in [3.05, 3.63) is 38.9 Å². The van der Waals surface area contributed by atoms with Crippen molar-refractivity contribution in [3.8, 4) is 0 Å². The summed E-state index contributed by atoms with van der Waals surface area (Å²) in [5, 5.41) is 13.7. The molecule has 7 heteroatoms. The molecule has 18 heavy (non-hydrogen) atoms. The number of benzene rings is 1. The molecule has 0 aliphatic heterocycles. The highest BCUT2D eigenvalue weighted by molar-refractivity contribution is 6.32. The lowest BCUT2D eigenvalue weighted by Crippen LogP contribution is -2.32. The van der Waals surface area contributed by atoms with Gasteiger partial charge in [0.1, 0.15) is 5.02 Å². The fourth-order valence-corrected chi connectivity index (χ4v) is 1.57. The zero-order valence-electron chi connectivity index (χ0n) is 10.1. The van der Waals surface area contributed by atoms with E-state index < -0.39 is 4.92 Å². The Balaban J connectivity index is 2.93. The number of nitrogens with one attached hydrogen (secondary N) is 1. The zero-order chi connectivity index (χ0) is 13.7. The Morgan fingerprint density at radius 2 is 2.22 bits per heavy atom. The number of amides is 1. The summed E-state index contributed by atoms with van der Waals surface area (Å²) in [6, 6.07) is 4.03. The summed E-state index contributed by atoms with van der Waals surface area (Å²) in [7, 11) is 3.42. The van der Waals surface area contributed by atoms with E-state index in [-0.39, 0.29) is 22.2 Å². The van der Waals surface area contributed by atoms with Crippen LogP contribution in [0.5, 0.6) is 0 Å². The Hall–Kier alpha value is -1.66. The van der Waals surface area contributed by atoms with Crippen molar-refractivity contribution in [2.45, 2.75) is 0 Å². The van der Waals surface area contributed by atoms with Crippen molar-refractivity contribution in [1.29, 1.82) is 0 Å². The molecule has 1 aromatic rings. The molecule has 0 fully saturated rings. The summed E-state index contributed by atoms with van der Waals surface area (Å²) in [4.78, 5) is 23.6. The van der Waals surface area contributed by atoms with Gasteiger partial charge in [0, 0.05) is 31.8 Å². The van der Waals surface area contributed by atoms with Gasteiger partial charge in [-0.3, -0.25) is 14.9 Å². The van der Waals surface area contributed by atoms with Gasteiger partial charge in [0.25, 0.3) is 11.6 Å². The second-order valence-electron chi connectivity index (χ2n) is 3.75. The summed E-state index contributed by atoms with van der Waals surface area (Å²) < 4.78 is 0. The number of nitrogens with zero attached hydrogens (tertiary/aromatic N) is 2. The van der Waals surface area contributed by atoms with Gasteiger partial charge < -0.3 is 10.2 Å². The van der Waals surface area contributed by atoms with Crippen molar-refractivity contribution < 1.29 is 9.72 Å². The molecule has 0 aliphatic rings. The lowest BCUT2D eigenvalue weighted by molar-refractivity contribution is -0.384. The molecule has 1 rings (SSSR count). The van der Waals surface area contributed by atoms with Crippen LogP contribution in [0.3, 0.4) is 0 Å². The van der Waals surface area contributed by atoms with E-state index in [9.17, 15) is 14.9 Å². The van der Waals surface area contributed by atoms with E-state index in [2.05, 4.69) is 5.32 Å². The summed E-state index contributed by atoms with van der Waals surface area (Å²) in [6.45, 7) is 1.17. The third kappa shape index (κ3) is 3.41. The Labute approximate surface area is 110 Å². The first-order chi connectivity index (χ1) is 8.47. The molecule has 0 spiro atoms. The smallest absolute Gasteiger partial charge is 0.288 e. The molecule has 0 bridgehead atoms. The first kappa shape index (κ1) is 14.4. The lowest BCUT2D eigenvalue weighted by atomic mass is 10.2. The average Bonchev–Trinajstić information content (AvgIpc) is 2.35. The maximum Gasteiger partial charge on any atom is 0.288 e. The predicted octanol–water partition coefficient (Wildman–Crippen LogP) is 1.54. The van der Waals surface area contributed by atoms with Crippen molar-refractivity contribution >= 4 is 23.2 Å². The van der Waals surface area contributed by atoms with Crippen LogP contribution in [0.1, 0.15) is 10.4 Å². The number of hydrogen-bond acceptors (Lipinski definition) is 4. The van der Waals surface area contributed by atoms with Gasteiger partial charge in [0.05, 0.1) is 4.92 Å². The highest BCUT2D eigenvalue weighted by Gasteiger charge is 2.18. The number of nitro benzene ring substituents is 1. The number of carbonyl (C=O) groups excluding carboxylic acids is 1. The summed E-state index contributed by atoms with van der Waals surface area (Å²) in [5.41, 5.74) is -0.00534. The average molecular weight is 272 g/mol. The number of hydrogen-bond donors (Lipinski definition) is 1. The molecule has 98 valence electrons. The highest BCUT2D eigenvalue weighted by Crippen LogP contribution is 2.25. The molecule has 1 aromatic carbocycles. The van der Waals surface area contributed by atoms with Crippen molar-refractivity contribution in [2.75, 3.05) is 27.2 Å². The quantitative estimate of drug-likeness (QED) is 0.651. The Kier molecular flexibility index (Phi) is 5.06. The molecule has 1 N–H and O–H groups in total. The van der Waals surface area contributed by atoms with Crippen LogP contribution in [0, 0.1) is 10.1 Å². The van der Waals surface area contributed by atoms with Crippen LogP contribution in [-0.2, 0) is 0 Å². The second kappa shape index (κ2) is 6.32. The number of halogens is 1. The lowest BCUT2D eigenvalue weighted by Gasteiger charge is -2.16. The Bertz CT molecular complexity index is 465. The summed E-state index contributed by atoms with van der Waals surface area (Å²) >= 11 is 5.68. The minimum atomic E-state index is -0.604. The molecule has 6 nitrogen and oxygen atoms in total. The van der Waals surface area contributed by atoms with E-state index in [1.54, 1.807) is 14.1 Å². The minimum absolute atomic E-state index is 0.0226.